The third-order valence-electron chi connectivity index (χ3n) is 5.14. The van der Waals surface area contributed by atoms with Gasteiger partial charge in [0.15, 0.2) is 5.82 Å². The minimum Gasteiger partial charge on any atom is -0.339 e. The summed E-state index contributed by atoms with van der Waals surface area (Å²) < 4.78 is 5.48. The van der Waals surface area contributed by atoms with Crippen LogP contribution in [0, 0.1) is 11.8 Å². The van der Waals surface area contributed by atoms with E-state index in [1.807, 2.05) is 0 Å². The van der Waals surface area contributed by atoms with Gasteiger partial charge in [-0.25, -0.2) is 0 Å². The molecule has 112 valence electrons. The van der Waals surface area contributed by atoms with E-state index in [0.717, 1.165) is 37.1 Å². The molecule has 0 spiro atoms. The predicted molar refractivity (Wildman–Crippen MR) is 78.6 cm³/mol. The zero-order chi connectivity index (χ0) is 13.8. The number of aromatic nitrogens is 2. The molecule has 0 bridgehead atoms. The number of hydrogen-bond donors (Lipinski definition) is 1. The molecule has 1 atom stereocenters. The van der Waals surface area contributed by atoms with Crippen LogP contribution in [-0.2, 0) is 6.42 Å². The summed E-state index contributed by atoms with van der Waals surface area (Å²) in [6.45, 7) is 4.56. The fourth-order valence-electron chi connectivity index (χ4n) is 3.69. The lowest BCUT2D eigenvalue weighted by Gasteiger charge is -2.25. The summed E-state index contributed by atoms with van der Waals surface area (Å²) in [5.41, 5.74) is 0. The lowest BCUT2D eigenvalue weighted by Crippen LogP contribution is -2.30. The van der Waals surface area contributed by atoms with Gasteiger partial charge in [-0.3, -0.25) is 0 Å². The van der Waals surface area contributed by atoms with Crippen LogP contribution in [0.2, 0.25) is 0 Å². The highest BCUT2D eigenvalue weighted by Gasteiger charge is 2.25. The van der Waals surface area contributed by atoms with Gasteiger partial charge in [0.1, 0.15) is 0 Å². The number of rotatable bonds is 4. The van der Waals surface area contributed by atoms with E-state index in [9.17, 15) is 0 Å². The van der Waals surface area contributed by atoms with E-state index in [2.05, 4.69) is 22.4 Å². The minimum atomic E-state index is 0.541. The molecule has 3 rings (SSSR count). The molecule has 1 aliphatic carbocycles. The van der Waals surface area contributed by atoms with Gasteiger partial charge in [0.05, 0.1) is 0 Å². The molecule has 1 aromatic rings. The molecule has 2 fully saturated rings. The normalized spacial score (nSPS) is 31.4. The highest BCUT2D eigenvalue weighted by atomic mass is 16.5. The molecule has 20 heavy (non-hydrogen) atoms. The van der Waals surface area contributed by atoms with Gasteiger partial charge in [0, 0.05) is 12.3 Å². The number of nitrogens with one attached hydrogen (secondary N) is 1. The molecule has 0 radical (unpaired) electrons. The molecule has 1 unspecified atom stereocenters. The first-order chi connectivity index (χ1) is 9.85. The monoisotopic (exact) mass is 277 g/mol. The standard InChI is InChI=1S/C16H27N3O/c1-2-12-5-7-14(8-6-12)16-18-15(20-19-16)10-13-4-3-9-17-11-13/h12-14,17H,2-11H2,1H3. The van der Waals surface area contributed by atoms with Crippen molar-refractivity contribution in [2.45, 2.75) is 64.2 Å². The smallest absolute Gasteiger partial charge is 0.226 e. The van der Waals surface area contributed by atoms with E-state index in [1.165, 1.54) is 44.9 Å². The van der Waals surface area contributed by atoms with Gasteiger partial charge in [-0.1, -0.05) is 18.5 Å². The van der Waals surface area contributed by atoms with Gasteiger partial charge < -0.3 is 9.84 Å². The number of hydrogen-bond acceptors (Lipinski definition) is 4. The maximum atomic E-state index is 5.48. The van der Waals surface area contributed by atoms with Gasteiger partial charge in [-0.05, 0) is 63.5 Å². The van der Waals surface area contributed by atoms with Gasteiger partial charge in [-0.2, -0.15) is 4.98 Å². The summed E-state index contributed by atoms with van der Waals surface area (Å²) >= 11 is 0. The average Bonchev–Trinajstić information content (AvgIpc) is 2.97. The number of nitrogens with zero attached hydrogens (tertiary/aromatic N) is 2. The van der Waals surface area contributed by atoms with Crippen molar-refractivity contribution in [3.63, 3.8) is 0 Å². The molecule has 1 N–H and O–H groups in total. The Morgan fingerprint density at radius 2 is 2.00 bits per heavy atom. The summed E-state index contributed by atoms with van der Waals surface area (Å²) in [4.78, 5) is 4.67. The second kappa shape index (κ2) is 6.70. The Hall–Kier alpha value is -0.900. The molecule has 2 aliphatic rings. The van der Waals surface area contributed by atoms with Gasteiger partial charge >= 0.3 is 0 Å². The van der Waals surface area contributed by atoms with Crippen LogP contribution in [0.4, 0.5) is 0 Å². The molecule has 4 nitrogen and oxygen atoms in total. The summed E-state index contributed by atoms with van der Waals surface area (Å²) in [5.74, 6) is 3.96. The van der Waals surface area contributed by atoms with Crippen molar-refractivity contribution in [1.82, 2.24) is 15.5 Å². The van der Waals surface area contributed by atoms with Crippen LogP contribution in [-0.4, -0.2) is 23.2 Å². The molecule has 2 heterocycles. The van der Waals surface area contributed by atoms with Crippen molar-refractivity contribution < 1.29 is 4.52 Å². The van der Waals surface area contributed by atoms with Crippen molar-refractivity contribution in [2.75, 3.05) is 13.1 Å². The van der Waals surface area contributed by atoms with Crippen molar-refractivity contribution in [3.05, 3.63) is 11.7 Å². The SMILES string of the molecule is CCC1CCC(c2noc(CC3CCCNC3)n2)CC1. The maximum absolute atomic E-state index is 5.48. The largest absolute Gasteiger partial charge is 0.339 e. The second-order valence-electron chi connectivity index (χ2n) is 6.59. The average molecular weight is 277 g/mol. The van der Waals surface area contributed by atoms with E-state index < -0.39 is 0 Å². The van der Waals surface area contributed by atoms with Crippen molar-refractivity contribution in [3.8, 4) is 0 Å². The number of piperidine rings is 1. The molecule has 1 aromatic heterocycles. The fourth-order valence-corrected chi connectivity index (χ4v) is 3.69. The van der Waals surface area contributed by atoms with Crippen LogP contribution in [0.5, 0.6) is 0 Å². The van der Waals surface area contributed by atoms with Crippen molar-refractivity contribution in [2.24, 2.45) is 11.8 Å². The van der Waals surface area contributed by atoms with Crippen LogP contribution < -0.4 is 5.32 Å². The summed E-state index contributed by atoms with van der Waals surface area (Å²) in [7, 11) is 0. The Labute approximate surface area is 121 Å². The quantitative estimate of drug-likeness (QED) is 0.917. The highest BCUT2D eigenvalue weighted by Crippen LogP contribution is 2.35. The molecular weight excluding hydrogens is 250 g/mol. The Bertz CT molecular complexity index is 404. The first kappa shape index (κ1) is 14.1. The topological polar surface area (TPSA) is 51.0 Å². The minimum absolute atomic E-state index is 0.541. The van der Waals surface area contributed by atoms with E-state index >= 15 is 0 Å². The highest BCUT2D eigenvalue weighted by molar-refractivity contribution is 4.98. The van der Waals surface area contributed by atoms with Crippen LogP contribution in [0.15, 0.2) is 4.52 Å². The molecule has 1 aliphatic heterocycles. The summed E-state index contributed by atoms with van der Waals surface area (Å²) in [6, 6.07) is 0. The lowest BCUT2D eigenvalue weighted by molar-refractivity contribution is 0.296. The molecule has 4 heteroatoms. The van der Waals surface area contributed by atoms with Crippen LogP contribution in [0.25, 0.3) is 0 Å². The zero-order valence-corrected chi connectivity index (χ0v) is 12.6. The lowest BCUT2D eigenvalue weighted by atomic mass is 9.80. The Morgan fingerprint density at radius 1 is 1.15 bits per heavy atom. The van der Waals surface area contributed by atoms with Gasteiger partial charge in [0.25, 0.3) is 0 Å². The van der Waals surface area contributed by atoms with Crippen LogP contribution >= 0.6 is 0 Å². The van der Waals surface area contributed by atoms with E-state index in [1.54, 1.807) is 0 Å². The fraction of sp³-hybridized carbons (Fsp3) is 0.875. The van der Waals surface area contributed by atoms with Gasteiger partial charge in [0.2, 0.25) is 5.89 Å². The Kier molecular flexibility index (Phi) is 4.71. The van der Waals surface area contributed by atoms with Crippen molar-refractivity contribution >= 4 is 0 Å². The van der Waals surface area contributed by atoms with Crippen LogP contribution in [0.3, 0.4) is 0 Å². The molecule has 1 saturated heterocycles. The summed E-state index contributed by atoms with van der Waals surface area (Å²) in [6.07, 6.45) is 9.96. The molecular formula is C16H27N3O. The van der Waals surface area contributed by atoms with Gasteiger partial charge in [-0.15, -0.1) is 0 Å². The predicted octanol–water partition coefficient (Wildman–Crippen LogP) is 3.30. The van der Waals surface area contributed by atoms with E-state index in [0.29, 0.717) is 11.8 Å². The molecule has 0 aromatic carbocycles. The third-order valence-corrected chi connectivity index (χ3v) is 5.14. The van der Waals surface area contributed by atoms with Crippen LogP contribution in [0.1, 0.15) is 69.5 Å². The first-order valence-corrected chi connectivity index (χ1v) is 8.38. The van der Waals surface area contributed by atoms with E-state index in [-0.39, 0.29) is 0 Å². The summed E-state index contributed by atoms with van der Waals surface area (Å²) in [5, 5.41) is 7.70. The first-order valence-electron chi connectivity index (χ1n) is 8.38. The zero-order valence-electron chi connectivity index (χ0n) is 12.6. The Balaban J connectivity index is 1.54. The maximum Gasteiger partial charge on any atom is 0.226 e. The van der Waals surface area contributed by atoms with Crippen molar-refractivity contribution in [1.29, 1.82) is 0 Å². The molecule has 0 amide bonds. The third kappa shape index (κ3) is 3.40. The van der Waals surface area contributed by atoms with E-state index in [4.69, 9.17) is 4.52 Å². The second-order valence-corrected chi connectivity index (χ2v) is 6.59. The Morgan fingerprint density at radius 3 is 2.70 bits per heavy atom. The molecule has 1 saturated carbocycles.